The first kappa shape index (κ1) is 35.1. The maximum Gasteiger partial charge on any atom is 0.410 e. The Balaban J connectivity index is 1.17. The molecule has 1 spiro atoms. The van der Waals surface area contributed by atoms with Crippen molar-refractivity contribution < 1.29 is 28.9 Å². The van der Waals surface area contributed by atoms with Crippen LogP contribution >= 0.6 is 0 Å². The number of hydrogen-bond donors (Lipinski definition) is 1. The van der Waals surface area contributed by atoms with Gasteiger partial charge >= 0.3 is 6.09 Å². The van der Waals surface area contributed by atoms with Gasteiger partial charge in [0.2, 0.25) is 0 Å². The standard InChI is InChI=1S/C37H59N5O6Si/c1-25-34(49(3,4)30-14-12-29(46-2)13-15-30)33(16-18-40-24-27(17-20-43)38-39-40)48-37(25)31-10-5-6-11-32(31)42(35(37)44)23-26-8-7-9-28(22-26)41-19-21-47-36(41)45/h24-26,28-30,33-34,43H,5-23H2,1-4H3/t25-,26?,28?,29?,30?,33+,34-,37+/m1/s1. The Kier molecular flexibility index (Phi) is 10.3. The van der Waals surface area contributed by atoms with Crippen molar-refractivity contribution in [2.45, 2.75) is 151 Å². The highest BCUT2D eigenvalue weighted by molar-refractivity contribution is 6.80. The van der Waals surface area contributed by atoms with Gasteiger partial charge in [-0.1, -0.05) is 44.5 Å². The van der Waals surface area contributed by atoms with E-state index < -0.39 is 13.7 Å². The van der Waals surface area contributed by atoms with Crippen LogP contribution in [0.4, 0.5) is 4.79 Å². The first-order valence-electron chi connectivity index (χ1n) is 19.4. The van der Waals surface area contributed by atoms with Crippen molar-refractivity contribution in [2.24, 2.45) is 11.8 Å². The van der Waals surface area contributed by atoms with Gasteiger partial charge in [0, 0.05) is 57.1 Å². The molecule has 0 bridgehead atoms. The van der Waals surface area contributed by atoms with Crippen LogP contribution in [0.25, 0.3) is 0 Å². The molecule has 4 fully saturated rings. The molecule has 272 valence electrons. The maximum absolute atomic E-state index is 15.2. The van der Waals surface area contributed by atoms with E-state index in [1.807, 2.05) is 22.9 Å². The summed E-state index contributed by atoms with van der Waals surface area (Å²) < 4.78 is 20.4. The van der Waals surface area contributed by atoms with Gasteiger partial charge in [0.05, 0.1) is 32.5 Å². The zero-order valence-corrected chi connectivity index (χ0v) is 31.3. The fraction of sp³-hybridized carbons (Fsp3) is 0.838. The summed E-state index contributed by atoms with van der Waals surface area (Å²) in [6, 6.07) is 0.199. The van der Waals surface area contributed by atoms with E-state index in [2.05, 4.69) is 35.2 Å². The molecule has 11 nitrogen and oxygen atoms in total. The van der Waals surface area contributed by atoms with Crippen molar-refractivity contribution >= 4 is 20.1 Å². The van der Waals surface area contributed by atoms with E-state index in [9.17, 15) is 9.90 Å². The van der Waals surface area contributed by atoms with Crippen LogP contribution < -0.4 is 0 Å². The van der Waals surface area contributed by atoms with Crippen LogP contribution in [0.1, 0.15) is 96.1 Å². The van der Waals surface area contributed by atoms with Crippen LogP contribution in [0, 0.1) is 11.8 Å². The van der Waals surface area contributed by atoms with Crippen molar-refractivity contribution in [2.75, 3.05) is 33.4 Å². The molecule has 2 saturated carbocycles. The molecule has 2 amide bonds. The predicted molar refractivity (Wildman–Crippen MR) is 187 cm³/mol. The second-order valence-corrected chi connectivity index (χ2v) is 21.6. The van der Waals surface area contributed by atoms with E-state index in [0.717, 1.165) is 82.9 Å². The second kappa shape index (κ2) is 14.4. The lowest BCUT2D eigenvalue weighted by atomic mass is 9.78. The molecule has 6 aliphatic rings. The van der Waals surface area contributed by atoms with Gasteiger partial charge in [0.1, 0.15) is 6.61 Å². The molecule has 49 heavy (non-hydrogen) atoms. The van der Waals surface area contributed by atoms with Gasteiger partial charge in [-0.05, 0) is 86.8 Å². The number of aliphatic hydroxyl groups excluding tert-OH is 1. The van der Waals surface area contributed by atoms with Crippen LogP contribution in [-0.4, -0.2) is 107 Å². The summed E-state index contributed by atoms with van der Waals surface area (Å²) in [7, 11) is -0.116. The number of carbonyl (C=O) groups excluding carboxylic acids is 2. The van der Waals surface area contributed by atoms with E-state index >= 15 is 4.79 Å². The third-order valence-electron chi connectivity index (χ3n) is 13.6. The fourth-order valence-electron chi connectivity index (χ4n) is 11.1. The molecule has 6 atom stereocenters. The Morgan fingerprint density at radius 1 is 1.08 bits per heavy atom. The molecule has 0 radical (unpaired) electrons. The molecule has 0 aromatic carbocycles. The average molecular weight is 698 g/mol. The molecule has 3 aliphatic heterocycles. The fourth-order valence-corrected chi connectivity index (χ4v) is 16.2. The lowest BCUT2D eigenvalue weighted by Crippen LogP contribution is -2.51. The monoisotopic (exact) mass is 697 g/mol. The SMILES string of the molecule is COC1CCC([Si](C)(C)[C@H]2[C@H](CCn3cc(CCO)nn3)O[C@@]3(C(=O)N(CC4CCCC(N5CCOC5=O)C4)C4=C3CCCC4)[C@@H]2C)CC1. The van der Waals surface area contributed by atoms with Crippen LogP contribution in [0.3, 0.4) is 0 Å². The molecule has 1 aromatic heterocycles. The molecular formula is C37H59N5O6Si. The van der Waals surface area contributed by atoms with Gasteiger partial charge in [-0.3, -0.25) is 9.48 Å². The van der Waals surface area contributed by atoms with Crippen molar-refractivity contribution in [3.05, 3.63) is 23.2 Å². The normalized spacial score (nSPS) is 35.5. The summed E-state index contributed by atoms with van der Waals surface area (Å²) in [6.07, 6.45) is 16.2. The number of fused-ring (bicyclic) bond motifs is 1. The number of aliphatic hydroxyl groups is 1. The minimum Gasteiger partial charge on any atom is -0.448 e. The average Bonchev–Trinajstić information content (AvgIpc) is 3.87. The largest absolute Gasteiger partial charge is 0.448 e. The van der Waals surface area contributed by atoms with E-state index in [4.69, 9.17) is 14.2 Å². The molecular weight excluding hydrogens is 639 g/mol. The maximum atomic E-state index is 15.2. The quantitative estimate of drug-likeness (QED) is 0.293. The summed E-state index contributed by atoms with van der Waals surface area (Å²) in [5, 5.41) is 18.1. The molecule has 4 heterocycles. The summed E-state index contributed by atoms with van der Waals surface area (Å²) in [5.74, 6) is 0.632. The number of cyclic esters (lactones) is 1. The number of aryl methyl sites for hydroxylation is 1. The number of allylic oxidation sites excluding steroid dienone is 1. The highest BCUT2D eigenvalue weighted by Gasteiger charge is 2.67. The van der Waals surface area contributed by atoms with Gasteiger partial charge in [-0.2, -0.15) is 0 Å². The van der Waals surface area contributed by atoms with E-state index in [0.29, 0.717) is 49.2 Å². The van der Waals surface area contributed by atoms with E-state index in [1.165, 1.54) is 24.1 Å². The molecule has 2 unspecified atom stereocenters. The lowest BCUT2D eigenvalue weighted by Gasteiger charge is -2.45. The summed E-state index contributed by atoms with van der Waals surface area (Å²) >= 11 is 0. The van der Waals surface area contributed by atoms with Crippen LogP contribution in [0.15, 0.2) is 17.5 Å². The number of methoxy groups -OCH3 is 1. The summed E-state index contributed by atoms with van der Waals surface area (Å²) in [5.41, 5.74) is 3.42. The number of rotatable bonds is 11. The van der Waals surface area contributed by atoms with Gasteiger partial charge < -0.3 is 29.1 Å². The van der Waals surface area contributed by atoms with Gasteiger partial charge in [-0.25, -0.2) is 4.79 Å². The number of hydrogen-bond acceptors (Lipinski definition) is 8. The van der Waals surface area contributed by atoms with Crippen molar-refractivity contribution in [3.8, 4) is 0 Å². The lowest BCUT2D eigenvalue weighted by molar-refractivity contribution is -0.150. The third-order valence-corrected chi connectivity index (χ3v) is 18.9. The van der Waals surface area contributed by atoms with Gasteiger partial charge in [0.15, 0.2) is 5.60 Å². The number of carbonyl (C=O) groups is 2. The number of ether oxygens (including phenoxy) is 3. The Labute approximate surface area is 293 Å². The van der Waals surface area contributed by atoms with Crippen molar-refractivity contribution in [1.29, 1.82) is 0 Å². The highest BCUT2D eigenvalue weighted by atomic mass is 28.3. The molecule has 3 aliphatic carbocycles. The highest BCUT2D eigenvalue weighted by Crippen LogP contribution is 2.61. The predicted octanol–water partition coefficient (Wildman–Crippen LogP) is 5.70. The number of nitrogens with zero attached hydrogens (tertiary/aromatic N) is 5. The Bertz CT molecular complexity index is 1390. The van der Waals surface area contributed by atoms with E-state index in [-0.39, 0.29) is 36.7 Å². The summed E-state index contributed by atoms with van der Waals surface area (Å²) in [6.45, 7) is 10.1. The Morgan fingerprint density at radius 2 is 1.88 bits per heavy atom. The second-order valence-electron chi connectivity index (χ2n) is 16.5. The van der Waals surface area contributed by atoms with Gasteiger partial charge in [0.25, 0.3) is 5.91 Å². The molecule has 2 saturated heterocycles. The molecule has 1 aromatic rings. The van der Waals surface area contributed by atoms with Gasteiger partial charge in [-0.15, -0.1) is 5.10 Å². The minimum absolute atomic E-state index is 0.0397. The smallest absolute Gasteiger partial charge is 0.410 e. The minimum atomic E-state index is -1.96. The van der Waals surface area contributed by atoms with Crippen molar-refractivity contribution in [1.82, 2.24) is 24.8 Å². The van der Waals surface area contributed by atoms with Crippen LogP contribution in [-0.2, 0) is 32.0 Å². The van der Waals surface area contributed by atoms with Crippen LogP contribution in [0.5, 0.6) is 0 Å². The first-order valence-corrected chi connectivity index (χ1v) is 22.5. The number of amides is 2. The Morgan fingerprint density at radius 3 is 2.61 bits per heavy atom. The Hall–Kier alpha value is -2.28. The molecule has 7 rings (SSSR count). The van der Waals surface area contributed by atoms with Crippen molar-refractivity contribution in [3.63, 3.8) is 0 Å². The first-order chi connectivity index (χ1) is 23.7. The topological polar surface area (TPSA) is 119 Å². The molecule has 1 N–H and O–H groups in total. The zero-order valence-electron chi connectivity index (χ0n) is 30.3. The van der Waals surface area contributed by atoms with Crippen LogP contribution in [0.2, 0.25) is 24.2 Å². The summed E-state index contributed by atoms with van der Waals surface area (Å²) in [4.78, 5) is 31.7. The number of aromatic nitrogens is 3. The molecule has 12 heteroatoms. The third kappa shape index (κ3) is 6.41. The van der Waals surface area contributed by atoms with E-state index in [1.54, 1.807) is 0 Å². The zero-order chi connectivity index (χ0) is 34.3.